The standard InChI is InChI=1S/C12H22N4O3/c1-14(2)11(17)10-9-13-3-4-16(10)12(18)15-5-7-19-8-6-15/h10,13H,3-9H2,1-2H3. The lowest BCUT2D eigenvalue weighted by Gasteiger charge is -2.40. The molecule has 2 saturated heterocycles. The number of hydrogen-bond donors (Lipinski definition) is 1. The van der Waals surface area contributed by atoms with Gasteiger partial charge in [-0.05, 0) is 0 Å². The maximum atomic E-state index is 12.5. The second kappa shape index (κ2) is 6.21. The molecule has 0 aliphatic carbocycles. The van der Waals surface area contributed by atoms with Crippen molar-refractivity contribution < 1.29 is 14.3 Å². The van der Waals surface area contributed by atoms with Crippen LogP contribution in [0.1, 0.15) is 0 Å². The summed E-state index contributed by atoms with van der Waals surface area (Å²) in [6.07, 6.45) is 0. The number of amides is 3. The summed E-state index contributed by atoms with van der Waals surface area (Å²) in [5.41, 5.74) is 0. The van der Waals surface area contributed by atoms with Crippen LogP contribution in [0.25, 0.3) is 0 Å². The molecule has 2 aliphatic heterocycles. The summed E-state index contributed by atoms with van der Waals surface area (Å²) in [6, 6.07) is -0.455. The molecule has 0 aromatic heterocycles. The molecule has 0 saturated carbocycles. The van der Waals surface area contributed by atoms with Gasteiger partial charge in [-0.2, -0.15) is 0 Å². The molecule has 0 bridgehead atoms. The van der Waals surface area contributed by atoms with E-state index in [0.717, 1.165) is 6.54 Å². The molecule has 2 rings (SSSR count). The van der Waals surface area contributed by atoms with Gasteiger partial charge >= 0.3 is 6.03 Å². The molecular weight excluding hydrogens is 248 g/mol. The van der Waals surface area contributed by atoms with Crippen molar-refractivity contribution in [2.45, 2.75) is 6.04 Å². The molecule has 0 aromatic rings. The van der Waals surface area contributed by atoms with Crippen LogP contribution in [-0.4, -0.2) is 92.7 Å². The van der Waals surface area contributed by atoms with Gasteiger partial charge in [0.2, 0.25) is 5.91 Å². The number of urea groups is 1. The lowest BCUT2D eigenvalue weighted by atomic mass is 10.1. The van der Waals surface area contributed by atoms with E-state index in [2.05, 4.69) is 5.32 Å². The first-order valence-corrected chi connectivity index (χ1v) is 6.66. The molecule has 0 spiro atoms. The largest absolute Gasteiger partial charge is 0.378 e. The smallest absolute Gasteiger partial charge is 0.320 e. The fourth-order valence-electron chi connectivity index (χ4n) is 2.39. The van der Waals surface area contributed by atoms with Crippen molar-refractivity contribution in [3.8, 4) is 0 Å². The summed E-state index contributed by atoms with van der Waals surface area (Å²) in [5.74, 6) is -0.0335. The first kappa shape index (κ1) is 14.1. The number of morpholine rings is 1. The Morgan fingerprint density at radius 2 is 1.89 bits per heavy atom. The number of piperazine rings is 1. The van der Waals surface area contributed by atoms with E-state index in [1.54, 1.807) is 23.9 Å². The topological polar surface area (TPSA) is 65.1 Å². The van der Waals surface area contributed by atoms with Gasteiger partial charge in [-0.3, -0.25) is 4.79 Å². The molecule has 2 fully saturated rings. The average molecular weight is 270 g/mol. The highest BCUT2D eigenvalue weighted by Crippen LogP contribution is 2.11. The summed E-state index contributed by atoms with van der Waals surface area (Å²) in [4.78, 5) is 29.6. The minimum Gasteiger partial charge on any atom is -0.378 e. The van der Waals surface area contributed by atoms with E-state index >= 15 is 0 Å². The summed E-state index contributed by atoms with van der Waals surface area (Å²) >= 11 is 0. The zero-order chi connectivity index (χ0) is 13.8. The minimum absolute atomic E-state index is 0.0335. The molecule has 1 N–H and O–H groups in total. The molecule has 1 atom stereocenters. The lowest BCUT2D eigenvalue weighted by Crippen LogP contribution is -2.62. The highest BCUT2D eigenvalue weighted by molar-refractivity contribution is 5.87. The van der Waals surface area contributed by atoms with Gasteiger partial charge in [0.1, 0.15) is 6.04 Å². The van der Waals surface area contributed by atoms with Crippen LogP contribution < -0.4 is 5.32 Å². The molecule has 7 nitrogen and oxygen atoms in total. The van der Waals surface area contributed by atoms with Crippen LogP contribution in [0.3, 0.4) is 0 Å². The summed E-state index contributed by atoms with van der Waals surface area (Å²) in [7, 11) is 3.43. The van der Waals surface area contributed by atoms with Gasteiger partial charge in [-0.25, -0.2) is 4.79 Å². The van der Waals surface area contributed by atoms with E-state index in [1.165, 1.54) is 4.90 Å². The van der Waals surface area contributed by atoms with E-state index in [1.807, 2.05) is 0 Å². The van der Waals surface area contributed by atoms with Crippen LogP contribution in [0.4, 0.5) is 4.79 Å². The van der Waals surface area contributed by atoms with E-state index in [4.69, 9.17) is 4.74 Å². The van der Waals surface area contributed by atoms with Gasteiger partial charge in [0.15, 0.2) is 0 Å². The lowest BCUT2D eigenvalue weighted by molar-refractivity contribution is -0.134. The molecule has 0 aromatic carbocycles. The van der Waals surface area contributed by atoms with E-state index in [-0.39, 0.29) is 11.9 Å². The van der Waals surface area contributed by atoms with Crippen LogP contribution in [0.2, 0.25) is 0 Å². The summed E-state index contributed by atoms with van der Waals surface area (Å²) < 4.78 is 5.25. The molecule has 1 unspecified atom stereocenters. The predicted octanol–water partition coefficient (Wildman–Crippen LogP) is -1.20. The van der Waals surface area contributed by atoms with Crippen molar-refractivity contribution in [1.29, 1.82) is 0 Å². The Kier molecular flexibility index (Phi) is 4.60. The molecule has 108 valence electrons. The van der Waals surface area contributed by atoms with Crippen LogP contribution in [0.5, 0.6) is 0 Å². The SMILES string of the molecule is CN(C)C(=O)C1CNCCN1C(=O)N1CCOCC1. The van der Waals surface area contributed by atoms with Crippen molar-refractivity contribution in [2.75, 3.05) is 60.0 Å². The molecular formula is C12H22N4O3. The van der Waals surface area contributed by atoms with Gasteiger partial charge in [-0.1, -0.05) is 0 Å². The van der Waals surface area contributed by atoms with E-state index in [9.17, 15) is 9.59 Å². The van der Waals surface area contributed by atoms with Crippen molar-refractivity contribution in [2.24, 2.45) is 0 Å². The Labute approximate surface area is 113 Å². The van der Waals surface area contributed by atoms with Crippen LogP contribution in [0, 0.1) is 0 Å². The van der Waals surface area contributed by atoms with Crippen molar-refractivity contribution in [1.82, 2.24) is 20.0 Å². The number of likely N-dealkylation sites (N-methyl/N-ethyl adjacent to an activating group) is 1. The third-order valence-electron chi connectivity index (χ3n) is 3.50. The third-order valence-corrected chi connectivity index (χ3v) is 3.50. The number of ether oxygens (including phenoxy) is 1. The number of hydrogen-bond acceptors (Lipinski definition) is 4. The third kappa shape index (κ3) is 3.16. The number of nitrogens with one attached hydrogen (secondary N) is 1. The van der Waals surface area contributed by atoms with E-state index in [0.29, 0.717) is 39.4 Å². The fraction of sp³-hybridized carbons (Fsp3) is 0.833. The fourth-order valence-corrected chi connectivity index (χ4v) is 2.39. The second-order valence-electron chi connectivity index (χ2n) is 5.03. The molecule has 19 heavy (non-hydrogen) atoms. The molecule has 3 amide bonds. The summed E-state index contributed by atoms with van der Waals surface area (Å²) in [5, 5.41) is 3.17. The van der Waals surface area contributed by atoms with Gasteiger partial charge in [0.25, 0.3) is 0 Å². The van der Waals surface area contributed by atoms with Crippen molar-refractivity contribution in [3.05, 3.63) is 0 Å². The summed E-state index contributed by atoms with van der Waals surface area (Å²) in [6.45, 7) is 4.17. The first-order valence-electron chi connectivity index (χ1n) is 6.66. The highest BCUT2D eigenvalue weighted by Gasteiger charge is 2.35. The maximum absolute atomic E-state index is 12.5. The van der Waals surface area contributed by atoms with Gasteiger partial charge < -0.3 is 24.8 Å². The number of carbonyl (C=O) groups is 2. The number of rotatable bonds is 1. The van der Waals surface area contributed by atoms with Gasteiger partial charge in [0, 0.05) is 46.8 Å². The van der Waals surface area contributed by atoms with Crippen LogP contribution >= 0.6 is 0 Å². The molecule has 2 heterocycles. The number of nitrogens with zero attached hydrogens (tertiary/aromatic N) is 3. The number of carbonyl (C=O) groups excluding carboxylic acids is 2. The normalized spacial score (nSPS) is 24.2. The monoisotopic (exact) mass is 270 g/mol. The Balaban J connectivity index is 2.05. The average Bonchev–Trinajstić information content (AvgIpc) is 2.46. The second-order valence-corrected chi connectivity index (χ2v) is 5.03. The molecule has 0 radical (unpaired) electrons. The molecule has 2 aliphatic rings. The Bertz CT molecular complexity index is 342. The Morgan fingerprint density at radius 3 is 2.53 bits per heavy atom. The molecule has 7 heteroatoms. The Morgan fingerprint density at radius 1 is 1.21 bits per heavy atom. The zero-order valence-corrected chi connectivity index (χ0v) is 11.6. The van der Waals surface area contributed by atoms with Crippen LogP contribution in [0.15, 0.2) is 0 Å². The van der Waals surface area contributed by atoms with Gasteiger partial charge in [0.05, 0.1) is 13.2 Å². The first-order chi connectivity index (χ1) is 9.11. The highest BCUT2D eigenvalue weighted by atomic mass is 16.5. The zero-order valence-electron chi connectivity index (χ0n) is 11.6. The van der Waals surface area contributed by atoms with Crippen molar-refractivity contribution in [3.63, 3.8) is 0 Å². The quantitative estimate of drug-likeness (QED) is 0.650. The van der Waals surface area contributed by atoms with Crippen molar-refractivity contribution >= 4 is 11.9 Å². The van der Waals surface area contributed by atoms with Crippen LogP contribution in [-0.2, 0) is 9.53 Å². The minimum atomic E-state index is -0.404. The van der Waals surface area contributed by atoms with E-state index < -0.39 is 6.04 Å². The Hall–Kier alpha value is -1.34. The predicted molar refractivity (Wildman–Crippen MR) is 69.8 cm³/mol. The maximum Gasteiger partial charge on any atom is 0.320 e. The van der Waals surface area contributed by atoms with Gasteiger partial charge in [-0.15, -0.1) is 0 Å².